The Labute approximate surface area is 341 Å². The summed E-state index contributed by atoms with van der Waals surface area (Å²) in [5, 5.41) is 1.33. The quantitative estimate of drug-likeness (QED) is 0.160. The highest BCUT2D eigenvalue weighted by atomic mass is 15.0. The summed E-state index contributed by atoms with van der Waals surface area (Å²) in [6.45, 7) is 4.85. The Morgan fingerprint density at radius 3 is 1.97 bits per heavy atom. The zero-order valence-corrected chi connectivity index (χ0v) is 32.9. The zero-order valence-electron chi connectivity index (χ0n) is 32.9. The van der Waals surface area contributed by atoms with Gasteiger partial charge in [-0.1, -0.05) is 172 Å². The molecule has 1 atom stereocenters. The largest absolute Gasteiger partial charge is 0.309 e. The van der Waals surface area contributed by atoms with Gasteiger partial charge in [0.1, 0.15) is 0 Å². The summed E-state index contributed by atoms with van der Waals surface area (Å²) < 4.78 is 2.54. The van der Waals surface area contributed by atoms with E-state index in [4.69, 9.17) is 0 Å². The minimum Gasteiger partial charge on any atom is -0.309 e. The van der Waals surface area contributed by atoms with E-state index in [-0.39, 0.29) is 5.41 Å². The van der Waals surface area contributed by atoms with Crippen LogP contribution in [0.25, 0.3) is 72.7 Å². The molecule has 1 unspecified atom stereocenters. The SMILES string of the molecule is CC1(C)c2cc(CCC3c4ccc(-c5ccccc5)cc4-c4cc(-c5ccccc5)ccc43)ccc2-c2c(-n3c4c(c5ccccc53)C3=CC=CC3C=C4)cccc21. The van der Waals surface area contributed by atoms with Crippen LogP contribution in [0.5, 0.6) is 0 Å². The van der Waals surface area contributed by atoms with Gasteiger partial charge in [0.2, 0.25) is 0 Å². The lowest BCUT2D eigenvalue weighted by molar-refractivity contribution is 0.657. The fourth-order valence-corrected chi connectivity index (χ4v) is 10.8. The molecule has 0 saturated heterocycles. The maximum atomic E-state index is 2.54. The third-order valence-electron chi connectivity index (χ3n) is 13.7. The molecule has 1 heterocycles. The second kappa shape index (κ2) is 12.7. The lowest BCUT2D eigenvalue weighted by Gasteiger charge is -2.23. The third-order valence-corrected chi connectivity index (χ3v) is 13.7. The summed E-state index contributed by atoms with van der Waals surface area (Å²) in [7, 11) is 0. The molecule has 0 spiro atoms. The maximum Gasteiger partial charge on any atom is 0.0543 e. The molecule has 0 saturated carbocycles. The van der Waals surface area contributed by atoms with Crippen molar-refractivity contribution in [3.63, 3.8) is 0 Å². The van der Waals surface area contributed by atoms with Gasteiger partial charge in [0.25, 0.3) is 0 Å². The van der Waals surface area contributed by atoms with E-state index in [0.717, 1.165) is 12.8 Å². The van der Waals surface area contributed by atoms with E-state index in [1.807, 2.05) is 0 Å². The highest BCUT2D eigenvalue weighted by molar-refractivity contribution is 6.03. The molecule has 1 heteroatoms. The van der Waals surface area contributed by atoms with Crippen LogP contribution < -0.4 is 0 Å². The van der Waals surface area contributed by atoms with Gasteiger partial charge in [0.15, 0.2) is 0 Å². The van der Waals surface area contributed by atoms with Gasteiger partial charge in [-0.05, 0) is 116 Å². The molecule has 0 fully saturated rings. The predicted octanol–water partition coefficient (Wildman–Crippen LogP) is 14.6. The van der Waals surface area contributed by atoms with Crippen molar-refractivity contribution in [2.45, 2.75) is 38.0 Å². The number of benzene rings is 7. The number of rotatable bonds is 6. The van der Waals surface area contributed by atoms with Crippen LogP contribution in [0, 0.1) is 5.92 Å². The van der Waals surface area contributed by atoms with Crippen LogP contribution in [0.2, 0.25) is 0 Å². The van der Waals surface area contributed by atoms with Crippen LogP contribution in [-0.4, -0.2) is 4.57 Å². The standard InChI is InChI=1S/C57H43N/c1-57(2)50-20-12-22-53(58-52-21-10-9-18-47(52)55-42-19-11-17-39(42)27-32-54(55)58)56(50)46-29-24-36(33-51(46)57)23-28-43-44-30-25-40(37-13-5-3-6-14-37)34-48(44)49-35-41(26-31-45(43)49)38-15-7-4-8-16-38/h3-22,24-27,29-35,39,43H,23,28H2,1-2H3. The van der Waals surface area contributed by atoms with Crippen LogP contribution in [0.3, 0.4) is 0 Å². The number of fused-ring (bicyclic) bond motifs is 11. The molecule has 4 aliphatic carbocycles. The lowest BCUT2D eigenvalue weighted by Crippen LogP contribution is -2.15. The number of para-hydroxylation sites is 1. The van der Waals surface area contributed by atoms with Gasteiger partial charge >= 0.3 is 0 Å². The van der Waals surface area contributed by atoms with Gasteiger partial charge in [0, 0.05) is 33.8 Å². The molecule has 1 nitrogen and oxygen atoms in total. The summed E-state index contributed by atoms with van der Waals surface area (Å²) >= 11 is 0. The van der Waals surface area contributed by atoms with E-state index in [1.165, 1.54) is 106 Å². The van der Waals surface area contributed by atoms with Crippen LogP contribution >= 0.6 is 0 Å². The first-order chi connectivity index (χ1) is 28.5. The van der Waals surface area contributed by atoms with Crippen molar-refractivity contribution < 1.29 is 0 Å². The summed E-state index contributed by atoms with van der Waals surface area (Å²) in [6, 6.07) is 59.3. The Morgan fingerprint density at radius 1 is 0.552 bits per heavy atom. The van der Waals surface area contributed by atoms with Crippen molar-refractivity contribution in [3.8, 4) is 50.2 Å². The fourth-order valence-electron chi connectivity index (χ4n) is 10.8. The second-order valence-corrected chi connectivity index (χ2v) is 17.1. The van der Waals surface area contributed by atoms with E-state index in [2.05, 4.69) is 207 Å². The zero-order chi connectivity index (χ0) is 38.5. The Bertz CT molecular complexity index is 2990. The normalized spacial score (nSPS) is 16.4. The van der Waals surface area contributed by atoms with Gasteiger partial charge < -0.3 is 4.57 Å². The van der Waals surface area contributed by atoms with Crippen LogP contribution in [0.1, 0.15) is 65.3 Å². The lowest BCUT2D eigenvalue weighted by atomic mass is 9.81. The van der Waals surface area contributed by atoms with Crippen molar-refractivity contribution in [2.24, 2.45) is 5.92 Å². The molecule has 0 amide bonds. The minimum absolute atomic E-state index is 0.118. The Morgan fingerprint density at radius 2 is 1.24 bits per heavy atom. The van der Waals surface area contributed by atoms with Gasteiger partial charge in [-0.25, -0.2) is 0 Å². The molecule has 0 aliphatic heterocycles. The summed E-state index contributed by atoms with van der Waals surface area (Å²) in [6.07, 6.45) is 13.6. The summed E-state index contributed by atoms with van der Waals surface area (Å²) in [5.41, 5.74) is 24.2. The van der Waals surface area contributed by atoms with Crippen molar-refractivity contribution in [3.05, 3.63) is 221 Å². The van der Waals surface area contributed by atoms with Crippen LogP contribution in [0.4, 0.5) is 0 Å². The Hall–Kier alpha value is -6.70. The van der Waals surface area contributed by atoms with Gasteiger partial charge in [-0.15, -0.1) is 0 Å². The number of nitrogens with zero attached hydrogens (tertiary/aromatic N) is 1. The molecular weight excluding hydrogens is 699 g/mol. The maximum absolute atomic E-state index is 2.54. The van der Waals surface area contributed by atoms with E-state index in [0.29, 0.717) is 11.8 Å². The minimum atomic E-state index is -0.118. The van der Waals surface area contributed by atoms with Crippen molar-refractivity contribution in [1.82, 2.24) is 4.57 Å². The van der Waals surface area contributed by atoms with Crippen LogP contribution in [0.15, 0.2) is 182 Å². The number of aromatic nitrogens is 1. The molecule has 0 radical (unpaired) electrons. The first-order valence-electron chi connectivity index (χ1n) is 20.9. The fraction of sp³-hybridized carbons (Fsp3) is 0.123. The highest BCUT2D eigenvalue weighted by Crippen LogP contribution is 2.54. The number of hydrogen-bond donors (Lipinski definition) is 0. The number of aryl methyl sites for hydroxylation is 1. The number of allylic oxidation sites excluding steroid dienone is 5. The van der Waals surface area contributed by atoms with E-state index in [9.17, 15) is 0 Å². The second-order valence-electron chi connectivity index (χ2n) is 17.1. The Kier molecular flexibility index (Phi) is 7.29. The van der Waals surface area contributed by atoms with E-state index in [1.54, 1.807) is 0 Å². The predicted molar refractivity (Wildman–Crippen MR) is 243 cm³/mol. The molecule has 0 N–H and O–H groups in total. The summed E-state index contributed by atoms with van der Waals surface area (Å²) in [5.74, 6) is 0.701. The topological polar surface area (TPSA) is 4.93 Å². The molecule has 276 valence electrons. The molecule has 8 aromatic rings. The molecule has 1 aromatic heterocycles. The molecule has 7 aromatic carbocycles. The first kappa shape index (κ1) is 33.4. The average Bonchev–Trinajstić information content (AvgIpc) is 4.02. The summed E-state index contributed by atoms with van der Waals surface area (Å²) in [4.78, 5) is 0. The van der Waals surface area contributed by atoms with Crippen molar-refractivity contribution in [2.75, 3.05) is 0 Å². The Balaban J connectivity index is 0.923. The van der Waals surface area contributed by atoms with Gasteiger partial charge in [0.05, 0.1) is 16.9 Å². The molecular formula is C57H43N. The van der Waals surface area contributed by atoms with E-state index >= 15 is 0 Å². The van der Waals surface area contributed by atoms with Crippen LogP contribution in [-0.2, 0) is 11.8 Å². The molecule has 58 heavy (non-hydrogen) atoms. The highest BCUT2D eigenvalue weighted by Gasteiger charge is 2.38. The van der Waals surface area contributed by atoms with E-state index < -0.39 is 0 Å². The monoisotopic (exact) mass is 741 g/mol. The van der Waals surface area contributed by atoms with Gasteiger partial charge in [-0.3, -0.25) is 0 Å². The average molecular weight is 742 g/mol. The third kappa shape index (κ3) is 4.89. The molecule has 4 aliphatic rings. The van der Waals surface area contributed by atoms with Crippen molar-refractivity contribution >= 4 is 22.6 Å². The first-order valence-corrected chi connectivity index (χ1v) is 20.9. The molecule has 0 bridgehead atoms. The number of hydrogen-bond acceptors (Lipinski definition) is 0. The molecule has 12 rings (SSSR count). The van der Waals surface area contributed by atoms with Crippen molar-refractivity contribution in [1.29, 1.82) is 0 Å². The van der Waals surface area contributed by atoms with Gasteiger partial charge in [-0.2, -0.15) is 0 Å². The smallest absolute Gasteiger partial charge is 0.0543 e.